The van der Waals surface area contributed by atoms with Crippen LogP contribution in [0.2, 0.25) is 0 Å². The molecule has 0 aromatic rings. The third-order valence-corrected chi connectivity index (χ3v) is 3.38. The summed E-state index contributed by atoms with van der Waals surface area (Å²) in [6, 6.07) is 0. The molecule has 1 aliphatic carbocycles. The fraction of sp³-hybridized carbons (Fsp3) is 1.00. The van der Waals surface area contributed by atoms with E-state index < -0.39 is 10.1 Å². The first-order valence-corrected chi connectivity index (χ1v) is 5.79. The Morgan fingerprint density at radius 2 is 2.17 bits per heavy atom. The third-order valence-electron chi connectivity index (χ3n) is 1.74. The van der Waals surface area contributed by atoms with E-state index in [4.69, 9.17) is 0 Å². The summed E-state index contributed by atoms with van der Waals surface area (Å²) in [4.78, 5) is 0. The van der Waals surface area contributed by atoms with Crippen molar-refractivity contribution in [3.63, 3.8) is 0 Å². The predicted octanol–water partition coefficient (Wildman–Crippen LogP) is 0.800. The molecule has 1 rings (SSSR count). The van der Waals surface area contributed by atoms with Crippen molar-refractivity contribution in [2.75, 3.05) is 6.54 Å². The van der Waals surface area contributed by atoms with Crippen LogP contribution in [0, 0.1) is 0 Å². The minimum Gasteiger partial charge on any atom is -0.198 e. The number of hydrogen-bond acceptors (Lipinski definition) is 4. The van der Waals surface area contributed by atoms with Gasteiger partial charge in [-0.2, -0.15) is 18.2 Å². The van der Waals surface area contributed by atoms with Gasteiger partial charge in [0.1, 0.15) is 0 Å². The molecule has 1 fully saturated rings. The highest BCUT2D eigenvalue weighted by Gasteiger charge is 2.36. The van der Waals surface area contributed by atoms with Gasteiger partial charge >= 0.3 is 0 Å². The van der Waals surface area contributed by atoms with Crippen molar-refractivity contribution >= 4 is 10.1 Å². The lowest BCUT2D eigenvalue weighted by atomic mass is 10.3. The molecule has 5 heteroatoms. The van der Waals surface area contributed by atoms with Crippen molar-refractivity contribution in [3.8, 4) is 0 Å². The molecular formula is C7H15NO3S. The fourth-order valence-corrected chi connectivity index (χ4v) is 1.89. The van der Waals surface area contributed by atoms with E-state index in [1.165, 1.54) is 0 Å². The lowest BCUT2D eigenvalue weighted by molar-refractivity contribution is 0.202. The van der Waals surface area contributed by atoms with E-state index >= 15 is 0 Å². The van der Waals surface area contributed by atoms with Gasteiger partial charge in [-0.15, -0.1) is 0 Å². The molecular weight excluding hydrogens is 178 g/mol. The first-order chi connectivity index (χ1) is 5.67. The minimum absolute atomic E-state index is 0.244. The Labute approximate surface area is 73.4 Å². The van der Waals surface area contributed by atoms with Crippen LogP contribution in [-0.4, -0.2) is 20.2 Å². The van der Waals surface area contributed by atoms with Crippen LogP contribution < -0.4 is 5.48 Å². The number of rotatable bonds is 6. The highest BCUT2D eigenvalue weighted by atomic mass is 32.2. The van der Waals surface area contributed by atoms with E-state index in [1.54, 1.807) is 0 Å². The Bertz CT molecular complexity index is 221. The maximum atomic E-state index is 11.1. The molecule has 0 saturated heterocycles. The van der Waals surface area contributed by atoms with Gasteiger partial charge in [0.25, 0.3) is 10.1 Å². The molecule has 4 nitrogen and oxygen atoms in total. The zero-order valence-electron chi connectivity index (χ0n) is 7.25. The molecule has 0 spiro atoms. The van der Waals surface area contributed by atoms with Crippen LogP contribution in [0.15, 0.2) is 0 Å². The average molecular weight is 193 g/mol. The average Bonchev–Trinajstić information content (AvgIpc) is 2.80. The highest BCUT2D eigenvalue weighted by molar-refractivity contribution is 7.87. The molecule has 0 atom stereocenters. The van der Waals surface area contributed by atoms with Crippen LogP contribution in [0.5, 0.6) is 0 Å². The maximum absolute atomic E-state index is 11.1. The number of hydrogen-bond donors (Lipinski definition) is 1. The number of unbranched alkanes of at least 4 members (excludes halogenated alkanes) is 1. The monoisotopic (exact) mass is 193 g/mol. The lowest BCUT2D eigenvalue weighted by Gasteiger charge is -2.03. The zero-order valence-corrected chi connectivity index (χ0v) is 8.06. The van der Waals surface area contributed by atoms with Gasteiger partial charge in [0, 0.05) is 6.54 Å². The van der Waals surface area contributed by atoms with E-state index in [1.807, 2.05) is 6.92 Å². The van der Waals surface area contributed by atoms with Crippen LogP contribution in [0.3, 0.4) is 0 Å². The van der Waals surface area contributed by atoms with E-state index in [9.17, 15) is 8.42 Å². The van der Waals surface area contributed by atoms with Crippen LogP contribution >= 0.6 is 0 Å². The molecule has 12 heavy (non-hydrogen) atoms. The minimum atomic E-state index is -3.28. The summed E-state index contributed by atoms with van der Waals surface area (Å²) in [5, 5.41) is -0.244. The van der Waals surface area contributed by atoms with Crippen molar-refractivity contribution < 1.29 is 12.7 Å². The Hall–Kier alpha value is -0.130. The normalized spacial score (nSPS) is 18.1. The van der Waals surface area contributed by atoms with Gasteiger partial charge in [0.05, 0.1) is 5.25 Å². The Balaban J connectivity index is 2.13. The van der Waals surface area contributed by atoms with Crippen molar-refractivity contribution in [1.82, 2.24) is 5.48 Å². The quantitative estimate of drug-likeness (QED) is 0.501. The van der Waals surface area contributed by atoms with Gasteiger partial charge in [-0.05, 0) is 19.3 Å². The lowest BCUT2D eigenvalue weighted by Crippen LogP contribution is -2.23. The van der Waals surface area contributed by atoms with Crippen molar-refractivity contribution in [2.24, 2.45) is 0 Å². The summed E-state index contributed by atoms with van der Waals surface area (Å²) in [5.41, 5.74) is 2.46. The first-order valence-electron chi connectivity index (χ1n) is 4.32. The second-order valence-corrected chi connectivity index (χ2v) is 4.84. The second kappa shape index (κ2) is 4.20. The SMILES string of the molecule is CCCCNOS(=O)(=O)C1CC1. The molecule has 0 aromatic heterocycles. The topological polar surface area (TPSA) is 55.4 Å². The summed E-state index contributed by atoms with van der Waals surface area (Å²) >= 11 is 0. The molecule has 1 aliphatic rings. The van der Waals surface area contributed by atoms with Gasteiger partial charge in [0.15, 0.2) is 0 Å². The standard InChI is InChI=1S/C7H15NO3S/c1-2-3-6-8-11-12(9,10)7-4-5-7/h7-8H,2-6H2,1H3. The maximum Gasteiger partial charge on any atom is 0.286 e. The molecule has 0 aliphatic heterocycles. The largest absolute Gasteiger partial charge is 0.286 e. The van der Waals surface area contributed by atoms with Gasteiger partial charge < -0.3 is 0 Å². The molecule has 1 saturated carbocycles. The Kier molecular flexibility index (Phi) is 3.49. The first kappa shape index (κ1) is 9.95. The third kappa shape index (κ3) is 3.08. The van der Waals surface area contributed by atoms with Gasteiger partial charge in [-0.25, -0.2) is 0 Å². The number of hydroxylamine groups is 1. The molecule has 1 N–H and O–H groups in total. The van der Waals surface area contributed by atoms with Crippen LogP contribution in [-0.2, 0) is 14.4 Å². The van der Waals surface area contributed by atoms with E-state index in [-0.39, 0.29) is 5.25 Å². The van der Waals surface area contributed by atoms with Crippen LogP contribution in [0.25, 0.3) is 0 Å². The van der Waals surface area contributed by atoms with E-state index in [0.717, 1.165) is 25.7 Å². The number of nitrogens with one attached hydrogen (secondary N) is 1. The molecule has 0 radical (unpaired) electrons. The summed E-state index contributed by atoms with van der Waals surface area (Å²) in [6.45, 7) is 2.64. The predicted molar refractivity (Wildman–Crippen MR) is 45.9 cm³/mol. The summed E-state index contributed by atoms with van der Waals surface area (Å²) in [6.07, 6.45) is 3.45. The molecule has 72 valence electrons. The Morgan fingerprint density at radius 1 is 1.50 bits per heavy atom. The van der Waals surface area contributed by atoms with Crippen LogP contribution in [0.4, 0.5) is 0 Å². The zero-order chi connectivity index (χ0) is 9.03. The van der Waals surface area contributed by atoms with Crippen molar-refractivity contribution in [3.05, 3.63) is 0 Å². The van der Waals surface area contributed by atoms with Crippen molar-refractivity contribution in [1.29, 1.82) is 0 Å². The smallest absolute Gasteiger partial charge is 0.198 e. The Morgan fingerprint density at radius 3 is 2.67 bits per heavy atom. The van der Waals surface area contributed by atoms with Gasteiger partial charge in [-0.1, -0.05) is 13.3 Å². The summed E-state index contributed by atoms with van der Waals surface area (Å²) in [5.74, 6) is 0. The summed E-state index contributed by atoms with van der Waals surface area (Å²) in [7, 11) is -3.28. The van der Waals surface area contributed by atoms with E-state index in [0.29, 0.717) is 6.54 Å². The molecule has 0 aromatic carbocycles. The molecule has 0 unspecified atom stereocenters. The molecule has 0 bridgehead atoms. The second-order valence-electron chi connectivity index (χ2n) is 3.02. The summed E-state index contributed by atoms with van der Waals surface area (Å²) < 4.78 is 26.7. The van der Waals surface area contributed by atoms with E-state index in [2.05, 4.69) is 9.76 Å². The molecule has 0 heterocycles. The van der Waals surface area contributed by atoms with Gasteiger partial charge in [-0.3, -0.25) is 0 Å². The van der Waals surface area contributed by atoms with Crippen molar-refractivity contribution in [2.45, 2.75) is 37.9 Å². The highest BCUT2D eigenvalue weighted by Crippen LogP contribution is 2.28. The fourth-order valence-electron chi connectivity index (χ4n) is 0.798. The van der Waals surface area contributed by atoms with Crippen LogP contribution in [0.1, 0.15) is 32.6 Å². The molecule has 0 amide bonds. The van der Waals surface area contributed by atoms with Gasteiger partial charge in [0.2, 0.25) is 0 Å².